The van der Waals surface area contributed by atoms with Crippen LogP contribution in [0.4, 0.5) is 35.1 Å². The second kappa shape index (κ2) is 10.7. The van der Waals surface area contributed by atoms with E-state index in [2.05, 4.69) is 5.32 Å². The molecule has 1 aliphatic rings. The first-order chi connectivity index (χ1) is 16.7. The van der Waals surface area contributed by atoms with E-state index < -0.39 is 59.4 Å². The molecule has 11 heteroatoms. The summed E-state index contributed by atoms with van der Waals surface area (Å²) < 4.78 is 107. The molecule has 0 bridgehead atoms. The van der Waals surface area contributed by atoms with E-state index in [-0.39, 0.29) is 24.5 Å². The minimum absolute atomic E-state index is 0.0325. The fourth-order valence-electron chi connectivity index (χ4n) is 4.40. The minimum Gasteiger partial charge on any atom is -0.339 e. The van der Waals surface area contributed by atoms with Crippen molar-refractivity contribution in [3.8, 4) is 0 Å². The Kier molecular flexibility index (Phi) is 8.32. The van der Waals surface area contributed by atoms with Crippen molar-refractivity contribution in [3.05, 3.63) is 70.5 Å². The third kappa shape index (κ3) is 6.74. The molecule has 0 aliphatic carbocycles. The Bertz CT molecular complexity index is 1020. The van der Waals surface area contributed by atoms with Gasteiger partial charge in [-0.15, -0.1) is 0 Å². The highest BCUT2D eigenvalue weighted by Gasteiger charge is 2.38. The van der Waals surface area contributed by atoms with Gasteiger partial charge in [0.25, 0.3) is 0 Å². The molecule has 0 aromatic heterocycles. The Balaban J connectivity index is 1.88. The van der Waals surface area contributed by atoms with Gasteiger partial charge >= 0.3 is 12.4 Å². The van der Waals surface area contributed by atoms with Gasteiger partial charge in [-0.3, -0.25) is 4.79 Å². The number of rotatable bonds is 6. The number of amides is 1. The maximum Gasteiger partial charge on any atom is 0.416 e. The summed E-state index contributed by atoms with van der Waals surface area (Å²) in [6.45, 7) is 1.70. The van der Waals surface area contributed by atoms with Crippen LogP contribution in [0.1, 0.15) is 60.4 Å². The quantitative estimate of drug-likeness (QED) is 0.431. The van der Waals surface area contributed by atoms with Crippen LogP contribution in [0.2, 0.25) is 0 Å². The van der Waals surface area contributed by atoms with Crippen LogP contribution in [0.5, 0.6) is 0 Å². The predicted octanol–water partition coefficient (Wildman–Crippen LogP) is 6.65. The monoisotopic (exact) mass is 522 g/mol. The first-order valence-corrected chi connectivity index (χ1v) is 11.3. The molecule has 36 heavy (non-hydrogen) atoms. The van der Waals surface area contributed by atoms with Gasteiger partial charge in [0.1, 0.15) is 12.0 Å². The van der Waals surface area contributed by atoms with E-state index in [1.807, 2.05) is 0 Å². The Morgan fingerprint density at radius 2 is 1.56 bits per heavy atom. The van der Waals surface area contributed by atoms with Gasteiger partial charge in [-0.25, -0.2) is 8.78 Å². The van der Waals surface area contributed by atoms with Gasteiger partial charge in [-0.2, -0.15) is 26.3 Å². The summed E-state index contributed by atoms with van der Waals surface area (Å²) in [5, 5.41) is 3.16. The van der Waals surface area contributed by atoms with Crippen LogP contribution in [0.25, 0.3) is 0 Å². The Labute approximate surface area is 203 Å². The van der Waals surface area contributed by atoms with Crippen molar-refractivity contribution in [1.29, 1.82) is 0 Å². The number of hydrogen-bond acceptors (Lipinski definition) is 2. The van der Waals surface area contributed by atoms with Crippen LogP contribution in [0.15, 0.2) is 42.5 Å². The van der Waals surface area contributed by atoms with Gasteiger partial charge in [-0.1, -0.05) is 12.1 Å². The van der Waals surface area contributed by atoms with Crippen molar-refractivity contribution in [1.82, 2.24) is 10.2 Å². The first kappa shape index (κ1) is 27.9. The van der Waals surface area contributed by atoms with E-state index >= 15 is 0 Å². The molecule has 1 saturated heterocycles. The predicted molar refractivity (Wildman–Crippen MR) is 117 cm³/mol. The molecule has 2 aromatic carbocycles. The number of alkyl halides is 7. The summed E-state index contributed by atoms with van der Waals surface area (Å²) in [6, 6.07) is 5.00. The first-order valence-electron chi connectivity index (χ1n) is 11.3. The molecule has 1 N–H and O–H groups in total. The maximum atomic E-state index is 14.1. The van der Waals surface area contributed by atoms with Crippen molar-refractivity contribution in [3.63, 3.8) is 0 Å². The number of carbonyl (C=O) groups excluding carboxylic acids is 1. The molecule has 1 amide bonds. The molecular formula is C25H26F8N2O. The standard InChI is InChI=1S/C25H26F8N2O/c1-14(16-9-17(24(28,29)30)11-18(10-16)25(31,32)33)35(2)23(36)13-21(15-3-5-19(26)6-4-15)22-12-20(27)7-8-34-22/h3-6,9-11,14,20-22,34H,7-8,12-13H2,1-2H3. The zero-order chi connectivity index (χ0) is 26.8. The molecule has 2 aromatic rings. The van der Waals surface area contributed by atoms with E-state index in [9.17, 15) is 39.9 Å². The smallest absolute Gasteiger partial charge is 0.339 e. The third-order valence-electron chi connectivity index (χ3n) is 6.62. The number of benzene rings is 2. The lowest BCUT2D eigenvalue weighted by Gasteiger charge is -2.35. The van der Waals surface area contributed by atoms with Crippen LogP contribution < -0.4 is 5.32 Å². The topological polar surface area (TPSA) is 32.3 Å². The highest BCUT2D eigenvalue weighted by Crippen LogP contribution is 2.38. The van der Waals surface area contributed by atoms with Crippen LogP contribution >= 0.6 is 0 Å². The second-order valence-electron chi connectivity index (χ2n) is 9.06. The van der Waals surface area contributed by atoms with Crippen molar-refractivity contribution in [2.75, 3.05) is 13.6 Å². The van der Waals surface area contributed by atoms with Gasteiger partial charge in [-0.05, 0) is 67.8 Å². The average Bonchev–Trinajstić information content (AvgIpc) is 2.80. The Hall–Kier alpha value is -2.69. The van der Waals surface area contributed by atoms with Gasteiger partial charge in [0.15, 0.2) is 0 Å². The fourth-order valence-corrected chi connectivity index (χ4v) is 4.40. The van der Waals surface area contributed by atoms with Gasteiger partial charge in [0, 0.05) is 25.4 Å². The molecule has 0 spiro atoms. The van der Waals surface area contributed by atoms with Gasteiger partial charge < -0.3 is 10.2 Å². The average molecular weight is 522 g/mol. The van der Waals surface area contributed by atoms with E-state index in [1.54, 1.807) is 0 Å². The highest BCUT2D eigenvalue weighted by atomic mass is 19.4. The van der Waals surface area contributed by atoms with Crippen molar-refractivity contribution in [2.24, 2.45) is 0 Å². The zero-order valence-corrected chi connectivity index (χ0v) is 19.6. The number of nitrogens with one attached hydrogen (secondary N) is 1. The molecular weight excluding hydrogens is 496 g/mol. The summed E-state index contributed by atoms with van der Waals surface area (Å²) in [7, 11) is 1.29. The summed E-state index contributed by atoms with van der Waals surface area (Å²) in [5.41, 5.74) is -2.70. The largest absolute Gasteiger partial charge is 0.416 e. The number of halogens is 8. The van der Waals surface area contributed by atoms with Crippen LogP contribution in [0.3, 0.4) is 0 Å². The maximum absolute atomic E-state index is 14.1. The van der Waals surface area contributed by atoms with Crippen LogP contribution in [-0.2, 0) is 17.1 Å². The van der Waals surface area contributed by atoms with E-state index in [4.69, 9.17) is 0 Å². The summed E-state index contributed by atoms with van der Waals surface area (Å²) in [6.07, 6.45) is -10.9. The number of carbonyl (C=O) groups is 1. The molecule has 1 heterocycles. The molecule has 198 valence electrons. The van der Waals surface area contributed by atoms with Crippen molar-refractivity contribution >= 4 is 5.91 Å². The Morgan fingerprint density at radius 3 is 2.06 bits per heavy atom. The SMILES string of the molecule is CC(c1cc(C(F)(F)F)cc(C(F)(F)F)c1)N(C)C(=O)CC(c1ccc(F)cc1)C1CC(F)CCN1. The van der Waals surface area contributed by atoms with Gasteiger partial charge in [0.05, 0.1) is 17.2 Å². The number of nitrogens with zero attached hydrogens (tertiary/aromatic N) is 1. The molecule has 0 saturated carbocycles. The van der Waals surface area contributed by atoms with E-state index in [0.29, 0.717) is 30.7 Å². The lowest BCUT2D eigenvalue weighted by Crippen LogP contribution is -2.44. The molecule has 0 radical (unpaired) electrons. The molecule has 4 unspecified atom stereocenters. The lowest BCUT2D eigenvalue weighted by atomic mass is 9.83. The third-order valence-corrected chi connectivity index (χ3v) is 6.62. The molecule has 3 rings (SSSR count). The Morgan fingerprint density at radius 1 is 1.00 bits per heavy atom. The highest BCUT2D eigenvalue weighted by molar-refractivity contribution is 5.77. The normalized spacial score (nSPS) is 20.6. The fraction of sp³-hybridized carbons (Fsp3) is 0.480. The summed E-state index contributed by atoms with van der Waals surface area (Å²) in [4.78, 5) is 14.3. The molecule has 1 aliphatic heterocycles. The van der Waals surface area contributed by atoms with E-state index in [0.717, 1.165) is 4.90 Å². The van der Waals surface area contributed by atoms with E-state index in [1.165, 1.54) is 38.2 Å². The molecule has 1 fully saturated rings. The number of piperidine rings is 1. The summed E-state index contributed by atoms with van der Waals surface area (Å²) in [5.74, 6) is -1.65. The van der Waals surface area contributed by atoms with Crippen LogP contribution in [0, 0.1) is 5.82 Å². The number of hydrogen-bond donors (Lipinski definition) is 1. The van der Waals surface area contributed by atoms with Crippen LogP contribution in [-0.4, -0.2) is 36.6 Å². The second-order valence-corrected chi connectivity index (χ2v) is 9.06. The summed E-state index contributed by atoms with van der Waals surface area (Å²) >= 11 is 0. The van der Waals surface area contributed by atoms with Gasteiger partial charge in [0.2, 0.25) is 5.91 Å². The molecule has 3 nitrogen and oxygen atoms in total. The minimum atomic E-state index is -5.01. The lowest BCUT2D eigenvalue weighted by molar-refractivity contribution is -0.143. The van der Waals surface area contributed by atoms with Crippen molar-refractivity contribution in [2.45, 2.75) is 62.7 Å². The molecule has 4 atom stereocenters. The zero-order valence-electron chi connectivity index (χ0n) is 19.6. The van der Waals surface area contributed by atoms with Crippen molar-refractivity contribution < 1.29 is 39.9 Å².